The second-order valence-corrected chi connectivity index (χ2v) is 24.2. The van der Waals surface area contributed by atoms with Crippen LogP contribution in [0.2, 0.25) is 0 Å². The molecule has 0 radical (unpaired) electrons. The number of nitrogens with one attached hydrogen (secondary N) is 1. The van der Waals surface area contributed by atoms with Gasteiger partial charge in [0.25, 0.3) is 0 Å². The SMILES string of the molecule is CC/C=C\C/C=C\C/C=C\C/C=C\C/C=C\C/C=C\C/C=C\C/C=C\CCCCCCCCCCCCC(=O)NC(COP(=O)(O)OCC[N+](C)(C)C)C(O)CCCCCCCCCCCCCCCCCCCCCC. The number of nitrogens with zero attached hydrogens (tertiary/aromatic N) is 1. The quantitative estimate of drug-likeness (QED) is 0.0243. The summed E-state index contributed by atoms with van der Waals surface area (Å²) in [5, 5.41) is 14.1. The van der Waals surface area contributed by atoms with E-state index in [0.717, 1.165) is 96.3 Å². The van der Waals surface area contributed by atoms with Gasteiger partial charge in [-0.3, -0.25) is 13.8 Å². The summed E-state index contributed by atoms with van der Waals surface area (Å²) < 4.78 is 23.8. The van der Waals surface area contributed by atoms with Gasteiger partial charge in [-0.15, -0.1) is 0 Å². The molecule has 0 aliphatic carbocycles. The van der Waals surface area contributed by atoms with E-state index in [1.54, 1.807) is 0 Å². The molecule has 0 heterocycles. The molecule has 0 aromatic rings. The Balaban J connectivity index is 4.12. The number of phosphoric ester groups is 1. The fraction of sp³-hybridized carbons (Fsp3) is 0.750. The number of unbranched alkanes of at least 4 members (excludes halogenated alkanes) is 29. The Kier molecular flexibility index (Phi) is 56.1. The van der Waals surface area contributed by atoms with Gasteiger partial charge < -0.3 is 19.8 Å². The molecule has 0 aromatic carbocycles. The van der Waals surface area contributed by atoms with Crippen LogP contribution in [-0.2, 0) is 18.4 Å². The van der Waals surface area contributed by atoms with Gasteiger partial charge in [-0.2, -0.15) is 0 Å². The maximum atomic E-state index is 13.0. The van der Waals surface area contributed by atoms with Crippen LogP contribution in [0.15, 0.2) is 97.2 Å². The number of likely N-dealkylation sites (N-methyl/N-ethyl adjacent to an activating group) is 1. The first-order valence-electron chi connectivity index (χ1n) is 32.1. The van der Waals surface area contributed by atoms with Crippen LogP contribution in [0.3, 0.4) is 0 Å². The third kappa shape index (κ3) is 60.9. The van der Waals surface area contributed by atoms with Crippen LogP contribution in [0.1, 0.15) is 277 Å². The van der Waals surface area contributed by atoms with Gasteiger partial charge in [0, 0.05) is 6.42 Å². The number of carbonyl (C=O) groups is 1. The monoisotopic (exact) mass is 1100 g/mol. The summed E-state index contributed by atoms with van der Waals surface area (Å²) in [5.41, 5.74) is 0. The highest BCUT2D eigenvalue weighted by atomic mass is 31.2. The lowest BCUT2D eigenvalue weighted by atomic mass is 10.0. The van der Waals surface area contributed by atoms with Crippen molar-refractivity contribution in [3.05, 3.63) is 97.2 Å². The molecule has 0 spiro atoms. The van der Waals surface area contributed by atoms with E-state index in [9.17, 15) is 19.4 Å². The standard InChI is InChI=1S/C68H123N2O6P/c1-6-8-10-12-14-16-18-20-22-24-26-28-29-30-31-32-33-34-35-36-37-38-39-40-41-42-44-46-48-50-52-54-56-58-60-62-68(72)69-66(65-76-77(73,74)75-64-63-70(3,4)5)67(71)61-59-57-55-53-51-49-47-45-43-27-25-23-21-19-17-15-13-11-9-7-2/h8,10,14,16,20,22,26,28,30-31,33-34,36-37,39-40,66-67,71H,6-7,9,11-13,15,17-19,21,23-25,27,29,32,35,38,41-65H2,1-5H3,(H-,69,72,73,74)/p+1/b10-8-,16-14-,22-20-,28-26-,31-30-,34-33-,37-36-,40-39-. The van der Waals surface area contributed by atoms with E-state index in [1.165, 1.54) is 154 Å². The van der Waals surface area contributed by atoms with Crippen molar-refractivity contribution in [3.8, 4) is 0 Å². The lowest BCUT2D eigenvalue weighted by Crippen LogP contribution is -2.46. The average molecular weight is 1100 g/mol. The van der Waals surface area contributed by atoms with Crippen LogP contribution < -0.4 is 5.32 Å². The zero-order valence-electron chi connectivity index (χ0n) is 50.9. The fourth-order valence-electron chi connectivity index (χ4n) is 9.12. The second kappa shape index (κ2) is 58.1. The molecule has 0 fully saturated rings. The number of aliphatic hydroxyl groups excluding tert-OH is 1. The summed E-state index contributed by atoms with van der Waals surface area (Å²) in [5.74, 6) is -0.150. The van der Waals surface area contributed by atoms with Gasteiger partial charge in [0.15, 0.2) is 0 Å². The molecule has 3 atom stereocenters. The number of rotatable bonds is 58. The van der Waals surface area contributed by atoms with E-state index in [1.807, 2.05) is 21.1 Å². The summed E-state index contributed by atoms with van der Waals surface area (Å²) in [6, 6.07) is -0.770. The van der Waals surface area contributed by atoms with Crippen LogP contribution in [0, 0.1) is 0 Å². The van der Waals surface area contributed by atoms with E-state index in [-0.39, 0.29) is 19.1 Å². The minimum atomic E-state index is -4.33. The maximum Gasteiger partial charge on any atom is 0.472 e. The number of amides is 1. The van der Waals surface area contributed by atoms with Gasteiger partial charge in [-0.1, -0.05) is 291 Å². The summed E-state index contributed by atoms with van der Waals surface area (Å²) in [6.45, 7) is 4.79. The summed E-state index contributed by atoms with van der Waals surface area (Å²) in [7, 11) is 1.61. The third-order valence-electron chi connectivity index (χ3n) is 14.1. The van der Waals surface area contributed by atoms with Crippen molar-refractivity contribution in [3.63, 3.8) is 0 Å². The Morgan fingerprint density at radius 1 is 0.455 bits per heavy atom. The summed E-state index contributed by atoms with van der Waals surface area (Å²) in [6.07, 6.45) is 83.3. The topological polar surface area (TPSA) is 105 Å². The van der Waals surface area contributed by atoms with Crippen LogP contribution >= 0.6 is 7.82 Å². The van der Waals surface area contributed by atoms with Gasteiger partial charge in [0.1, 0.15) is 13.2 Å². The minimum absolute atomic E-state index is 0.0703. The van der Waals surface area contributed by atoms with Crippen LogP contribution in [0.25, 0.3) is 0 Å². The van der Waals surface area contributed by atoms with E-state index in [4.69, 9.17) is 9.05 Å². The number of hydrogen-bond acceptors (Lipinski definition) is 5. The molecule has 0 saturated carbocycles. The number of carbonyl (C=O) groups excluding carboxylic acids is 1. The van der Waals surface area contributed by atoms with Gasteiger partial charge in [0.2, 0.25) is 5.91 Å². The van der Waals surface area contributed by atoms with Gasteiger partial charge in [0.05, 0.1) is 39.9 Å². The Labute approximate surface area is 477 Å². The lowest BCUT2D eigenvalue weighted by molar-refractivity contribution is -0.870. The highest BCUT2D eigenvalue weighted by molar-refractivity contribution is 7.47. The van der Waals surface area contributed by atoms with Crippen molar-refractivity contribution < 1.29 is 32.9 Å². The van der Waals surface area contributed by atoms with Gasteiger partial charge in [-0.05, 0) is 77.0 Å². The Bertz CT molecular complexity index is 1570. The van der Waals surface area contributed by atoms with Crippen molar-refractivity contribution in [2.75, 3.05) is 40.9 Å². The molecular formula is C68H124N2O6P+. The third-order valence-corrected chi connectivity index (χ3v) is 15.1. The van der Waals surface area contributed by atoms with Crippen molar-refractivity contribution in [1.29, 1.82) is 0 Å². The van der Waals surface area contributed by atoms with Crippen LogP contribution in [0.5, 0.6) is 0 Å². The van der Waals surface area contributed by atoms with Crippen molar-refractivity contribution >= 4 is 13.7 Å². The Morgan fingerprint density at radius 2 is 0.779 bits per heavy atom. The Morgan fingerprint density at radius 3 is 1.14 bits per heavy atom. The Hall–Kier alpha value is -2.58. The molecule has 3 unspecified atom stereocenters. The first kappa shape index (κ1) is 74.4. The summed E-state index contributed by atoms with van der Waals surface area (Å²) >= 11 is 0. The zero-order chi connectivity index (χ0) is 56.3. The van der Waals surface area contributed by atoms with Crippen LogP contribution in [0.4, 0.5) is 0 Å². The molecule has 77 heavy (non-hydrogen) atoms. The molecule has 0 aromatic heterocycles. The molecular weight excluding hydrogens is 972 g/mol. The van der Waals surface area contributed by atoms with E-state index < -0.39 is 20.0 Å². The lowest BCUT2D eigenvalue weighted by Gasteiger charge is -2.26. The number of phosphoric acid groups is 1. The van der Waals surface area contributed by atoms with Gasteiger partial charge >= 0.3 is 7.82 Å². The molecule has 3 N–H and O–H groups in total. The van der Waals surface area contributed by atoms with Crippen molar-refractivity contribution in [2.45, 2.75) is 289 Å². The minimum Gasteiger partial charge on any atom is -0.391 e. The molecule has 0 aliphatic heterocycles. The van der Waals surface area contributed by atoms with Crippen LogP contribution in [-0.4, -0.2) is 73.4 Å². The van der Waals surface area contributed by atoms with E-state index in [2.05, 4.69) is 116 Å². The molecule has 446 valence electrons. The first-order chi connectivity index (χ1) is 37.5. The first-order valence-corrected chi connectivity index (χ1v) is 33.6. The maximum absolute atomic E-state index is 13.0. The van der Waals surface area contributed by atoms with E-state index >= 15 is 0 Å². The number of quaternary nitrogens is 1. The smallest absolute Gasteiger partial charge is 0.391 e. The summed E-state index contributed by atoms with van der Waals surface area (Å²) in [4.78, 5) is 23.4. The number of aliphatic hydroxyl groups is 1. The molecule has 8 nitrogen and oxygen atoms in total. The molecule has 0 aliphatic rings. The predicted octanol–water partition coefficient (Wildman–Crippen LogP) is 20.2. The molecule has 0 bridgehead atoms. The highest BCUT2D eigenvalue weighted by Gasteiger charge is 2.28. The predicted molar refractivity (Wildman–Crippen MR) is 336 cm³/mol. The van der Waals surface area contributed by atoms with Gasteiger partial charge in [-0.25, -0.2) is 4.57 Å². The normalized spacial score (nSPS) is 14.4. The zero-order valence-corrected chi connectivity index (χ0v) is 51.8. The largest absolute Gasteiger partial charge is 0.472 e. The highest BCUT2D eigenvalue weighted by Crippen LogP contribution is 2.43. The molecule has 1 amide bonds. The number of allylic oxidation sites excluding steroid dienone is 16. The molecule has 0 rings (SSSR count). The van der Waals surface area contributed by atoms with E-state index in [0.29, 0.717) is 23.9 Å². The fourth-order valence-corrected chi connectivity index (χ4v) is 9.86. The van der Waals surface area contributed by atoms with Crippen molar-refractivity contribution in [2.24, 2.45) is 0 Å². The average Bonchev–Trinajstić information content (AvgIpc) is 3.39. The molecule has 9 heteroatoms. The van der Waals surface area contributed by atoms with Crippen molar-refractivity contribution in [1.82, 2.24) is 5.32 Å². The second-order valence-electron chi connectivity index (χ2n) is 22.8. The number of hydrogen-bond donors (Lipinski definition) is 3. The molecule has 0 saturated heterocycles.